The smallest absolute Gasteiger partial charge is 0.191 e. The Kier molecular flexibility index (Phi) is 5.74. The highest BCUT2D eigenvalue weighted by atomic mass is 127. The lowest BCUT2D eigenvalue weighted by Gasteiger charge is -2.27. The van der Waals surface area contributed by atoms with Gasteiger partial charge in [0.15, 0.2) is 5.96 Å². The number of thioether (sulfide) groups is 1. The number of halogens is 1. The van der Waals surface area contributed by atoms with Crippen molar-refractivity contribution in [1.29, 1.82) is 0 Å². The highest BCUT2D eigenvalue weighted by molar-refractivity contribution is 14.0. The zero-order valence-corrected chi connectivity index (χ0v) is 15.1. The van der Waals surface area contributed by atoms with Gasteiger partial charge < -0.3 is 15.6 Å². The number of aromatic nitrogens is 2. The van der Waals surface area contributed by atoms with Crippen LogP contribution in [0.15, 0.2) is 23.2 Å². The summed E-state index contributed by atoms with van der Waals surface area (Å²) in [6, 6.07) is 6.13. The molecule has 0 atom stereocenters. The number of para-hydroxylation sites is 1. The maximum absolute atomic E-state index is 6.05. The summed E-state index contributed by atoms with van der Waals surface area (Å²) in [7, 11) is 0. The van der Waals surface area contributed by atoms with Gasteiger partial charge in [0, 0.05) is 24.6 Å². The number of rotatable bonds is 2. The monoisotopic (exact) mass is 417 g/mol. The van der Waals surface area contributed by atoms with E-state index < -0.39 is 0 Å². The zero-order chi connectivity index (χ0) is 13.9. The number of benzene rings is 1. The van der Waals surface area contributed by atoms with Gasteiger partial charge in [-0.25, -0.2) is 9.98 Å². The molecule has 0 unspecified atom stereocenters. The first-order chi connectivity index (χ1) is 9.74. The van der Waals surface area contributed by atoms with Gasteiger partial charge in [0.2, 0.25) is 0 Å². The van der Waals surface area contributed by atoms with Crippen molar-refractivity contribution >= 4 is 52.7 Å². The molecule has 3 rings (SSSR count). The minimum Gasteiger partial charge on any atom is -0.370 e. The summed E-state index contributed by atoms with van der Waals surface area (Å²) in [5.74, 6) is 3.74. The van der Waals surface area contributed by atoms with Crippen molar-refractivity contribution in [3.63, 3.8) is 0 Å². The normalized spacial score (nSPS) is 16.0. The van der Waals surface area contributed by atoms with Crippen molar-refractivity contribution < 1.29 is 0 Å². The molecule has 1 aliphatic heterocycles. The molecule has 0 aliphatic carbocycles. The predicted octanol–water partition coefficient (Wildman–Crippen LogP) is 2.35. The third kappa shape index (κ3) is 3.82. The maximum Gasteiger partial charge on any atom is 0.191 e. The lowest BCUT2D eigenvalue weighted by molar-refractivity contribution is 0.455. The van der Waals surface area contributed by atoms with E-state index in [1.54, 1.807) is 0 Å². The summed E-state index contributed by atoms with van der Waals surface area (Å²) >= 11 is 1.96. The summed E-state index contributed by atoms with van der Waals surface area (Å²) in [5.41, 5.74) is 9.30. The fourth-order valence-electron chi connectivity index (χ4n) is 2.35. The first-order valence-corrected chi connectivity index (χ1v) is 7.96. The number of nitrogens with zero attached hydrogens (tertiary/aromatic N) is 3. The second kappa shape index (κ2) is 7.35. The van der Waals surface area contributed by atoms with E-state index in [0.29, 0.717) is 12.5 Å². The van der Waals surface area contributed by atoms with Crippen molar-refractivity contribution in [2.45, 2.75) is 13.5 Å². The minimum absolute atomic E-state index is 0. The van der Waals surface area contributed by atoms with E-state index in [4.69, 9.17) is 5.73 Å². The SMILES string of the molecule is Cc1cccc2[nH]c(CN=C(N)N3CCSCC3)nc12.I. The molecule has 5 nitrogen and oxygen atoms in total. The topological polar surface area (TPSA) is 70.3 Å². The molecule has 0 saturated carbocycles. The lowest BCUT2D eigenvalue weighted by Crippen LogP contribution is -2.42. The van der Waals surface area contributed by atoms with Crippen LogP contribution in [-0.2, 0) is 6.54 Å². The standard InChI is InChI=1S/C14H19N5S.HI/c1-10-3-2-4-11-13(10)18-12(17-11)9-16-14(15)19-5-7-20-8-6-19;/h2-4H,5-9H2,1H3,(H2,15,16)(H,17,18);1H. The predicted molar refractivity (Wildman–Crippen MR) is 100 cm³/mol. The molecule has 1 aromatic heterocycles. The van der Waals surface area contributed by atoms with Crippen LogP contribution in [0.4, 0.5) is 0 Å². The number of nitrogens with two attached hydrogens (primary N) is 1. The van der Waals surface area contributed by atoms with Gasteiger partial charge in [-0.2, -0.15) is 11.8 Å². The summed E-state index contributed by atoms with van der Waals surface area (Å²) < 4.78 is 0. The number of aromatic amines is 1. The average molecular weight is 417 g/mol. The van der Waals surface area contributed by atoms with Gasteiger partial charge in [-0.3, -0.25) is 0 Å². The Balaban J connectivity index is 0.00000161. The highest BCUT2D eigenvalue weighted by Crippen LogP contribution is 2.16. The van der Waals surface area contributed by atoms with Crippen LogP contribution >= 0.6 is 35.7 Å². The summed E-state index contributed by atoms with van der Waals surface area (Å²) in [4.78, 5) is 14.5. The van der Waals surface area contributed by atoms with Crippen LogP contribution in [0.3, 0.4) is 0 Å². The van der Waals surface area contributed by atoms with Crippen molar-refractivity contribution in [1.82, 2.24) is 14.9 Å². The molecule has 21 heavy (non-hydrogen) atoms. The van der Waals surface area contributed by atoms with E-state index >= 15 is 0 Å². The number of guanidine groups is 1. The Morgan fingerprint density at radius 3 is 2.90 bits per heavy atom. The average Bonchev–Trinajstić information content (AvgIpc) is 2.90. The number of aryl methyl sites for hydroxylation is 1. The van der Waals surface area contributed by atoms with Gasteiger partial charge in [0.25, 0.3) is 0 Å². The molecule has 1 saturated heterocycles. The van der Waals surface area contributed by atoms with E-state index in [1.807, 2.05) is 23.9 Å². The summed E-state index contributed by atoms with van der Waals surface area (Å²) in [6.07, 6.45) is 0. The Bertz CT molecular complexity index is 633. The molecular weight excluding hydrogens is 397 g/mol. The zero-order valence-electron chi connectivity index (χ0n) is 12.0. The number of fused-ring (bicyclic) bond motifs is 1. The lowest BCUT2D eigenvalue weighted by atomic mass is 10.2. The fraction of sp³-hybridized carbons (Fsp3) is 0.429. The van der Waals surface area contributed by atoms with Crippen molar-refractivity contribution in [2.75, 3.05) is 24.6 Å². The summed E-state index contributed by atoms with van der Waals surface area (Å²) in [5, 5.41) is 0. The van der Waals surface area contributed by atoms with Crippen molar-refractivity contribution in [3.05, 3.63) is 29.6 Å². The molecule has 0 radical (unpaired) electrons. The molecule has 1 fully saturated rings. The number of nitrogens with one attached hydrogen (secondary N) is 1. The first-order valence-electron chi connectivity index (χ1n) is 6.81. The Labute approximate surface area is 145 Å². The quantitative estimate of drug-likeness (QED) is 0.447. The molecule has 0 bridgehead atoms. The van der Waals surface area contributed by atoms with Gasteiger partial charge in [-0.05, 0) is 18.6 Å². The minimum atomic E-state index is 0. The summed E-state index contributed by atoms with van der Waals surface area (Å²) in [6.45, 7) is 4.54. The third-order valence-corrected chi connectivity index (χ3v) is 4.43. The van der Waals surface area contributed by atoms with Gasteiger partial charge in [-0.1, -0.05) is 12.1 Å². The van der Waals surface area contributed by atoms with E-state index in [0.717, 1.165) is 41.5 Å². The highest BCUT2D eigenvalue weighted by Gasteiger charge is 2.12. The van der Waals surface area contributed by atoms with E-state index in [1.165, 1.54) is 5.56 Å². The Morgan fingerprint density at radius 2 is 2.19 bits per heavy atom. The largest absolute Gasteiger partial charge is 0.370 e. The number of hydrogen-bond acceptors (Lipinski definition) is 3. The molecule has 1 aliphatic rings. The number of hydrogen-bond donors (Lipinski definition) is 2. The molecule has 7 heteroatoms. The Morgan fingerprint density at radius 1 is 1.43 bits per heavy atom. The van der Waals surface area contributed by atoms with Crippen LogP contribution in [0.2, 0.25) is 0 Å². The molecular formula is C14H20IN5S. The van der Waals surface area contributed by atoms with Crippen LogP contribution in [0.5, 0.6) is 0 Å². The molecule has 0 amide bonds. The van der Waals surface area contributed by atoms with Crippen LogP contribution in [-0.4, -0.2) is 45.4 Å². The van der Waals surface area contributed by atoms with Gasteiger partial charge in [-0.15, -0.1) is 24.0 Å². The van der Waals surface area contributed by atoms with E-state index in [-0.39, 0.29) is 24.0 Å². The van der Waals surface area contributed by atoms with Crippen molar-refractivity contribution in [2.24, 2.45) is 10.7 Å². The maximum atomic E-state index is 6.05. The van der Waals surface area contributed by atoms with Crippen LogP contribution in [0.1, 0.15) is 11.4 Å². The Hall–Kier alpha value is -0.960. The number of imidazole rings is 1. The van der Waals surface area contributed by atoms with Crippen LogP contribution < -0.4 is 5.73 Å². The fourth-order valence-corrected chi connectivity index (χ4v) is 3.25. The van der Waals surface area contributed by atoms with Gasteiger partial charge >= 0.3 is 0 Å². The molecule has 3 N–H and O–H groups in total. The first kappa shape index (κ1) is 16.4. The van der Waals surface area contributed by atoms with E-state index in [9.17, 15) is 0 Å². The van der Waals surface area contributed by atoms with Crippen LogP contribution in [0, 0.1) is 6.92 Å². The number of aliphatic imine (C=N–C) groups is 1. The van der Waals surface area contributed by atoms with Gasteiger partial charge in [0.1, 0.15) is 12.4 Å². The second-order valence-electron chi connectivity index (χ2n) is 4.93. The van der Waals surface area contributed by atoms with Crippen molar-refractivity contribution in [3.8, 4) is 0 Å². The molecule has 2 aromatic rings. The molecule has 2 heterocycles. The molecule has 1 aromatic carbocycles. The molecule has 0 spiro atoms. The molecule has 114 valence electrons. The second-order valence-corrected chi connectivity index (χ2v) is 6.15. The third-order valence-electron chi connectivity index (χ3n) is 3.49. The number of H-pyrrole nitrogens is 1. The van der Waals surface area contributed by atoms with E-state index in [2.05, 4.69) is 32.9 Å². The van der Waals surface area contributed by atoms with Gasteiger partial charge in [0.05, 0.1) is 11.0 Å². The van der Waals surface area contributed by atoms with Crippen LogP contribution in [0.25, 0.3) is 11.0 Å².